The van der Waals surface area contributed by atoms with Gasteiger partial charge in [0, 0.05) is 0 Å². The zero-order valence-corrected chi connectivity index (χ0v) is 7.32. The molecule has 0 saturated carbocycles. The Kier molecular flexibility index (Phi) is 2.89. The van der Waals surface area contributed by atoms with E-state index in [0.29, 0.717) is 18.6 Å². The van der Waals surface area contributed by atoms with E-state index in [1.165, 1.54) is 0 Å². The lowest BCUT2D eigenvalue weighted by Gasteiger charge is -2.21. The van der Waals surface area contributed by atoms with E-state index in [-0.39, 0.29) is 0 Å². The van der Waals surface area contributed by atoms with Crippen LogP contribution in [0.25, 0.3) is 0 Å². The van der Waals surface area contributed by atoms with Gasteiger partial charge in [-0.1, -0.05) is 5.16 Å². The van der Waals surface area contributed by atoms with Gasteiger partial charge in [0.15, 0.2) is 0 Å². The van der Waals surface area contributed by atoms with Gasteiger partial charge < -0.3 is 14.6 Å². The zero-order valence-electron chi connectivity index (χ0n) is 7.32. The molecule has 1 fully saturated rings. The van der Waals surface area contributed by atoms with Crippen LogP contribution >= 0.6 is 0 Å². The Labute approximate surface area is 76.5 Å². The van der Waals surface area contributed by atoms with Crippen molar-refractivity contribution in [3.8, 4) is 0 Å². The average Bonchev–Trinajstić information content (AvgIpc) is 2.69. The molecule has 2 heterocycles. The molecule has 13 heavy (non-hydrogen) atoms. The number of ether oxygens (including phenoxy) is 1. The predicted molar refractivity (Wildman–Crippen MR) is 43.8 cm³/mol. The van der Waals surface area contributed by atoms with Gasteiger partial charge in [-0.25, -0.2) is 0 Å². The summed E-state index contributed by atoms with van der Waals surface area (Å²) in [5.41, 5.74) is 0. The molecule has 71 valence electrons. The molecule has 5 nitrogen and oxygen atoms in total. The molecule has 0 spiro atoms. The van der Waals surface area contributed by atoms with Gasteiger partial charge in [0.1, 0.15) is 6.61 Å². The summed E-state index contributed by atoms with van der Waals surface area (Å²) in [7, 11) is 0. The summed E-state index contributed by atoms with van der Waals surface area (Å²) in [6.45, 7) is 2.46. The maximum absolute atomic E-state index is 5.57. The fourth-order valence-electron chi connectivity index (χ4n) is 1.38. The van der Waals surface area contributed by atoms with Crippen LogP contribution in [-0.2, 0) is 11.3 Å². The summed E-state index contributed by atoms with van der Waals surface area (Å²) >= 11 is 0. The van der Waals surface area contributed by atoms with Gasteiger partial charge in [0.2, 0.25) is 6.33 Å². The highest BCUT2D eigenvalue weighted by Crippen LogP contribution is 2.09. The van der Waals surface area contributed by atoms with Gasteiger partial charge in [-0.2, -0.15) is 4.98 Å². The molecule has 0 aromatic carbocycles. The summed E-state index contributed by atoms with van der Waals surface area (Å²) in [4.78, 5) is 3.76. The number of hydrogen-bond acceptors (Lipinski definition) is 5. The quantitative estimate of drug-likeness (QED) is 0.720. The maximum Gasteiger partial charge on any atom is 0.253 e. The van der Waals surface area contributed by atoms with Crippen molar-refractivity contribution in [1.82, 2.24) is 15.5 Å². The molecular formula is C8H12N3O2. The Bertz CT molecular complexity index is 232. The molecule has 1 saturated heterocycles. The number of piperidine rings is 1. The fraction of sp³-hybridized carbons (Fsp3) is 0.750. The molecule has 0 bridgehead atoms. The minimum absolute atomic E-state index is 0.327. The second-order valence-corrected chi connectivity index (χ2v) is 3.05. The van der Waals surface area contributed by atoms with Crippen LogP contribution in [0.2, 0.25) is 0 Å². The Morgan fingerprint density at radius 2 is 2.38 bits per heavy atom. The van der Waals surface area contributed by atoms with Gasteiger partial charge in [-0.15, -0.1) is 0 Å². The normalized spacial score (nSPS) is 19.1. The van der Waals surface area contributed by atoms with E-state index in [4.69, 9.17) is 9.26 Å². The van der Waals surface area contributed by atoms with Crippen LogP contribution in [0, 0.1) is 6.33 Å². The molecule has 0 atom stereocenters. The summed E-state index contributed by atoms with van der Waals surface area (Å²) in [6.07, 6.45) is 4.79. The topological polar surface area (TPSA) is 60.2 Å². The van der Waals surface area contributed by atoms with Gasteiger partial charge >= 0.3 is 0 Å². The first-order valence-corrected chi connectivity index (χ1v) is 4.46. The van der Waals surface area contributed by atoms with E-state index in [0.717, 1.165) is 25.9 Å². The third-order valence-electron chi connectivity index (χ3n) is 2.10. The van der Waals surface area contributed by atoms with E-state index >= 15 is 0 Å². The molecular weight excluding hydrogens is 170 g/mol. The minimum Gasteiger partial charge on any atom is -0.368 e. The highest BCUT2D eigenvalue weighted by Gasteiger charge is 2.14. The van der Waals surface area contributed by atoms with Crippen LogP contribution in [-0.4, -0.2) is 29.3 Å². The van der Waals surface area contributed by atoms with Crippen LogP contribution in [0.1, 0.15) is 18.7 Å². The lowest BCUT2D eigenvalue weighted by atomic mass is 10.1. The predicted octanol–water partition coefficient (Wildman–Crippen LogP) is 0.138. The number of nitrogens with one attached hydrogen (secondary N) is 1. The van der Waals surface area contributed by atoms with Crippen molar-refractivity contribution in [1.29, 1.82) is 0 Å². The van der Waals surface area contributed by atoms with Gasteiger partial charge in [0.05, 0.1) is 6.10 Å². The number of rotatable bonds is 3. The number of hydrogen-bond donors (Lipinski definition) is 1. The standard InChI is InChI=1S/C8H12N3O2/c1-3-9-4-2-7(1)12-5-8-10-6-11-13-8/h7,9H,1-5H2. The molecule has 1 aromatic rings. The molecule has 2 rings (SSSR count). The monoisotopic (exact) mass is 182 g/mol. The van der Waals surface area contributed by atoms with E-state index in [1.54, 1.807) is 0 Å². The summed E-state index contributed by atoms with van der Waals surface area (Å²) < 4.78 is 10.3. The van der Waals surface area contributed by atoms with Crippen LogP contribution in [0.5, 0.6) is 0 Å². The Hall–Kier alpha value is -0.940. The highest BCUT2D eigenvalue weighted by atomic mass is 16.5. The fourth-order valence-corrected chi connectivity index (χ4v) is 1.38. The van der Waals surface area contributed by atoms with Crippen molar-refractivity contribution < 1.29 is 9.26 Å². The second-order valence-electron chi connectivity index (χ2n) is 3.05. The van der Waals surface area contributed by atoms with Crippen molar-refractivity contribution in [3.05, 3.63) is 12.2 Å². The van der Waals surface area contributed by atoms with E-state index < -0.39 is 0 Å². The maximum atomic E-state index is 5.57. The average molecular weight is 182 g/mol. The third-order valence-corrected chi connectivity index (χ3v) is 2.10. The molecule has 0 unspecified atom stereocenters. The summed E-state index contributed by atoms with van der Waals surface area (Å²) in [6, 6.07) is 0. The summed E-state index contributed by atoms with van der Waals surface area (Å²) in [5.74, 6) is 0.499. The third kappa shape index (κ3) is 2.50. The minimum atomic E-state index is 0.327. The molecule has 1 aliphatic heterocycles. The molecule has 1 radical (unpaired) electrons. The van der Waals surface area contributed by atoms with Crippen molar-refractivity contribution in [2.24, 2.45) is 0 Å². The van der Waals surface area contributed by atoms with Crippen molar-refractivity contribution in [2.75, 3.05) is 13.1 Å². The molecule has 0 amide bonds. The number of aromatic nitrogens is 2. The second kappa shape index (κ2) is 4.34. The first-order valence-electron chi connectivity index (χ1n) is 4.46. The Balaban J connectivity index is 1.72. The highest BCUT2D eigenvalue weighted by molar-refractivity contribution is 4.72. The zero-order chi connectivity index (χ0) is 8.93. The van der Waals surface area contributed by atoms with Crippen LogP contribution in [0.15, 0.2) is 4.52 Å². The number of nitrogens with zero attached hydrogens (tertiary/aromatic N) is 2. The van der Waals surface area contributed by atoms with Gasteiger partial charge in [-0.05, 0) is 25.9 Å². The van der Waals surface area contributed by atoms with Crippen molar-refractivity contribution in [3.63, 3.8) is 0 Å². The smallest absolute Gasteiger partial charge is 0.253 e. The van der Waals surface area contributed by atoms with E-state index in [9.17, 15) is 0 Å². The first kappa shape index (κ1) is 8.65. The van der Waals surface area contributed by atoms with Crippen molar-refractivity contribution in [2.45, 2.75) is 25.6 Å². The Morgan fingerprint density at radius 1 is 1.54 bits per heavy atom. The molecule has 5 heteroatoms. The lowest BCUT2D eigenvalue weighted by molar-refractivity contribution is 0.00859. The van der Waals surface area contributed by atoms with Crippen LogP contribution in [0.4, 0.5) is 0 Å². The Morgan fingerprint density at radius 3 is 3.08 bits per heavy atom. The van der Waals surface area contributed by atoms with E-state index in [2.05, 4.69) is 21.8 Å². The largest absolute Gasteiger partial charge is 0.368 e. The van der Waals surface area contributed by atoms with Crippen LogP contribution in [0.3, 0.4) is 0 Å². The van der Waals surface area contributed by atoms with Gasteiger partial charge in [-0.3, -0.25) is 0 Å². The first-order chi connectivity index (χ1) is 6.45. The lowest BCUT2D eigenvalue weighted by Crippen LogP contribution is -2.32. The molecule has 1 aliphatic rings. The van der Waals surface area contributed by atoms with Gasteiger partial charge in [0.25, 0.3) is 5.89 Å². The summed E-state index contributed by atoms with van der Waals surface area (Å²) in [5, 5.41) is 6.65. The van der Waals surface area contributed by atoms with Crippen molar-refractivity contribution >= 4 is 0 Å². The molecule has 0 aliphatic carbocycles. The molecule has 1 aromatic heterocycles. The SMILES string of the molecule is [c]1noc(COC2CCNCC2)n1. The molecule has 1 N–H and O–H groups in total. The van der Waals surface area contributed by atoms with E-state index in [1.807, 2.05) is 0 Å². The van der Waals surface area contributed by atoms with Crippen LogP contribution < -0.4 is 5.32 Å².